The summed E-state index contributed by atoms with van der Waals surface area (Å²) in [4.78, 5) is 4.35. The third-order valence-corrected chi connectivity index (χ3v) is 3.14. The minimum Gasteiger partial charge on any atom is -0.488 e. The predicted octanol–water partition coefficient (Wildman–Crippen LogP) is 3.47. The average Bonchev–Trinajstić information content (AvgIpc) is 2.45. The Bertz CT molecular complexity index is 424. The SMILES string of the molecule is CCCCNC(N)=NCC(CC)Oc1ccccc1C.I. The van der Waals surface area contributed by atoms with E-state index in [1.54, 1.807) is 0 Å². The molecule has 1 rings (SSSR count). The number of unbranched alkanes of at least 4 members (excludes halogenated alkanes) is 1. The van der Waals surface area contributed by atoms with E-state index in [2.05, 4.69) is 24.2 Å². The Balaban J connectivity index is 0.00000400. The van der Waals surface area contributed by atoms with Gasteiger partial charge in [0.2, 0.25) is 0 Å². The first kappa shape index (κ1) is 20.0. The minimum atomic E-state index is 0. The quantitative estimate of drug-likeness (QED) is 0.301. The monoisotopic (exact) mass is 405 g/mol. The summed E-state index contributed by atoms with van der Waals surface area (Å²) in [5.41, 5.74) is 6.97. The zero-order valence-electron chi connectivity index (χ0n) is 13.3. The second-order valence-electron chi connectivity index (χ2n) is 4.92. The van der Waals surface area contributed by atoms with E-state index in [4.69, 9.17) is 10.5 Å². The topological polar surface area (TPSA) is 59.6 Å². The third-order valence-electron chi connectivity index (χ3n) is 3.14. The van der Waals surface area contributed by atoms with Gasteiger partial charge in [-0.2, -0.15) is 0 Å². The lowest BCUT2D eigenvalue weighted by molar-refractivity contribution is 0.204. The number of guanidine groups is 1. The number of aryl methyl sites for hydroxylation is 1. The summed E-state index contributed by atoms with van der Waals surface area (Å²) in [5.74, 6) is 1.43. The molecule has 0 spiro atoms. The summed E-state index contributed by atoms with van der Waals surface area (Å²) in [6.07, 6.45) is 3.21. The maximum atomic E-state index is 5.98. The molecule has 5 heteroatoms. The Hall–Kier alpha value is -0.980. The van der Waals surface area contributed by atoms with E-state index in [1.807, 2.05) is 31.2 Å². The molecule has 1 aromatic carbocycles. The van der Waals surface area contributed by atoms with Gasteiger partial charge in [-0.15, -0.1) is 24.0 Å². The number of hydrogen-bond donors (Lipinski definition) is 2. The van der Waals surface area contributed by atoms with Crippen LogP contribution in [0.15, 0.2) is 29.3 Å². The fourth-order valence-electron chi connectivity index (χ4n) is 1.77. The second-order valence-corrected chi connectivity index (χ2v) is 4.92. The Morgan fingerprint density at radius 3 is 2.67 bits per heavy atom. The summed E-state index contributed by atoms with van der Waals surface area (Å²) in [5, 5.41) is 3.11. The van der Waals surface area contributed by atoms with Crippen molar-refractivity contribution in [1.82, 2.24) is 5.32 Å². The molecular formula is C16H28IN3O. The summed E-state index contributed by atoms with van der Waals surface area (Å²) in [7, 11) is 0. The number of ether oxygens (including phenoxy) is 1. The highest BCUT2D eigenvalue weighted by molar-refractivity contribution is 14.0. The lowest BCUT2D eigenvalue weighted by Gasteiger charge is -2.17. The molecule has 1 aromatic rings. The highest BCUT2D eigenvalue weighted by Gasteiger charge is 2.09. The van der Waals surface area contributed by atoms with Crippen molar-refractivity contribution in [3.63, 3.8) is 0 Å². The van der Waals surface area contributed by atoms with Crippen LogP contribution in [0.4, 0.5) is 0 Å². The second kappa shape index (κ2) is 11.7. The zero-order valence-corrected chi connectivity index (χ0v) is 15.6. The van der Waals surface area contributed by atoms with Crippen LogP contribution in [0, 0.1) is 6.92 Å². The number of benzene rings is 1. The van der Waals surface area contributed by atoms with Crippen LogP contribution in [0.25, 0.3) is 0 Å². The number of nitrogens with one attached hydrogen (secondary N) is 1. The molecule has 0 heterocycles. The number of nitrogens with two attached hydrogens (primary N) is 1. The van der Waals surface area contributed by atoms with Gasteiger partial charge in [0.25, 0.3) is 0 Å². The summed E-state index contributed by atoms with van der Waals surface area (Å²) in [6.45, 7) is 7.75. The van der Waals surface area contributed by atoms with E-state index in [0.717, 1.165) is 37.1 Å². The third kappa shape index (κ3) is 8.14. The summed E-state index contributed by atoms with van der Waals surface area (Å²) >= 11 is 0. The Kier molecular flexibility index (Phi) is 11.1. The molecule has 0 amide bonds. The van der Waals surface area contributed by atoms with Crippen molar-refractivity contribution in [2.45, 2.75) is 46.1 Å². The number of nitrogens with zero attached hydrogens (tertiary/aromatic N) is 1. The van der Waals surface area contributed by atoms with E-state index in [0.29, 0.717) is 12.5 Å². The van der Waals surface area contributed by atoms with Crippen LogP contribution in [0.3, 0.4) is 0 Å². The number of rotatable bonds is 8. The van der Waals surface area contributed by atoms with Crippen LogP contribution in [0.5, 0.6) is 5.75 Å². The lowest BCUT2D eigenvalue weighted by Crippen LogP contribution is -2.33. The summed E-state index contributed by atoms with van der Waals surface area (Å²) in [6, 6.07) is 8.03. The van der Waals surface area contributed by atoms with Gasteiger partial charge in [0, 0.05) is 6.54 Å². The van der Waals surface area contributed by atoms with E-state index >= 15 is 0 Å². The van der Waals surface area contributed by atoms with Crippen molar-refractivity contribution in [2.75, 3.05) is 13.1 Å². The first-order valence-electron chi connectivity index (χ1n) is 7.43. The predicted molar refractivity (Wildman–Crippen MR) is 101 cm³/mol. The van der Waals surface area contributed by atoms with Crippen molar-refractivity contribution in [2.24, 2.45) is 10.7 Å². The van der Waals surface area contributed by atoms with E-state index in [-0.39, 0.29) is 30.1 Å². The molecule has 0 fully saturated rings. The fourth-order valence-corrected chi connectivity index (χ4v) is 1.77. The van der Waals surface area contributed by atoms with Crippen molar-refractivity contribution >= 4 is 29.9 Å². The molecule has 0 saturated heterocycles. The maximum Gasteiger partial charge on any atom is 0.188 e. The lowest BCUT2D eigenvalue weighted by atomic mass is 10.2. The molecule has 1 unspecified atom stereocenters. The van der Waals surface area contributed by atoms with E-state index < -0.39 is 0 Å². The van der Waals surface area contributed by atoms with Crippen molar-refractivity contribution in [3.05, 3.63) is 29.8 Å². The molecule has 1 atom stereocenters. The molecule has 0 bridgehead atoms. The van der Waals surface area contributed by atoms with Crippen LogP contribution >= 0.6 is 24.0 Å². The van der Waals surface area contributed by atoms with Crippen molar-refractivity contribution in [1.29, 1.82) is 0 Å². The smallest absolute Gasteiger partial charge is 0.188 e. The van der Waals surface area contributed by atoms with Gasteiger partial charge >= 0.3 is 0 Å². The van der Waals surface area contributed by atoms with Crippen molar-refractivity contribution in [3.8, 4) is 5.75 Å². The average molecular weight is 405 g/mol. The van der Waals surface area contributed by atoms with E-state index in [9.17, 15) is 0 Å². The van der Waals surface area contributed by atoms with Crippen LogP contribution < -0.4 is 15.8 Å². The van der Waals surface area contributed by atoms with Gasteiger partial charge in [0.1, 0.15) is 11.9 Å². The van der Waals surface area contributed by atoms with Crippen LogP contribution in [0.2, 0.25) is 0 Å². The summed E-state index contributed by atoms with van der Waals surface area (Å²) < 4.78 is 5.98. The molecule has 0 saturated carbocycles. The number of hydrogen-bond acceptors (Lipinski definition) is 2. The standard InChI is InChI=1S/C16H27N3O.HI/c1-4-6-11-18-16(17)19-12-14(5-2)20-15-10-8-7-9-13(15)3;/h7-10,14H,4-6,11-12H2,1-3H3,(H3,17,18,19);1H. The number of halogens is 1. The van der Waals surface area contributed by atoms with Gasteiger partial charge in [0.05, 0.1) is 6.54 Å². The van der Waals surface area contributed by atoms with Crippen LogP contribution in [-0.4, -0.2) is 25.2 Å². The molecule has 0 aromatic heterocycles. The van der Waals surface area contributed by atoms with Gasteiger partial charge in [-0.3, -0.25) is 0 Å². The molecule has 0 aliphatic carbocycles. The molecule has 21 heavy (non-hydrogen) atoms. The van der Waals surface area contributed by atoms with Gasteiger partial charge in [-0.1, -0.05) is 38.5 Å². The Morgan fingerprint density at radius 1 is 1.33 bits per heavy atom. The molecule has 0 aliphatic rings. The van der Waals surface area contributed by atoms with Crippen LogP contribution in [0.1, 0.15) is 38.7 Å². The number of para-hydroxylation sites is 1. The van der Waals surface area contributed by atoms with E-state index in [1.165, 1.54) is 0 Å². The molecular weight excluding hydrogens is 377 g/mol. The van der Waals surface area contributed by atoms with Gasteiger partial charge < -0.3 is 15.8 Å². The van der Waals surface area contributed by atoms with Gasteiger partial charge in [0.15, 0.2) is 5.96 Å². The highest BCUT2D eigenvalue weighted by atomic mass is 127. The van der Waals surface area contributed by atoms with Crippen LogP contribution in [-0.2, 0) is 0 Å². The fraction of sp³-hybridized carbons (Fsp3) is 0.562. The largest absolute Gasteiger partial charge is 0.488 e. The molecule has 4 nitrogen and oxygen atoms in total. The van der Waals surface area contributed by atoms with Gasteiger partial charge in [-0.05, 0) is 31.4 Å². The Labute approximate surface area is 145 Å². The normalized spacial score (nSPS) is 12.4. The highest BCUT2D eigenvalue weighted by Crippen LogP contribution is 2.18. The minimum absolute atomic E-state index is 0. The zero-order chi connectivity index (χ0) is 14.8. The first-order chi connectivity index (χ1) is 9.67. The molecule has 3 N–H and O–H groups in total. The van der Waals surface area contributed by atoms with Gasteiger partial charge in [-0.25, -0.2) is 4.99 Å². The molecule has 0 aliphatic heterocycles. The number of aliphatic imine (C=N–C) groups is 1. The molecule has 0 radical (unpaired) electrons. The maximum absolute atomic E-state index is 5.98. The van der Waals surface area contributed by atoms with Crippen molar-refractivity contribution < 1.29 is 4.74 Å². The molecule has 120 valence electrons. The Morgan fingerprint density at radius 2 is 2.05 bits per heavy atom. The first-order valence-corrected chi connectivity index (χ1v) is 7.43.